The minimum Gasteiger partial charge on any atom is -0.306 e. The summed E-state index contributed by atoms with van der Waals surface area (Å²) in [7, 11) is 0. The standard InChI is InChI=1S/C21H15F3N4OS/c1-13-11-18(26-19(29)15-7-9-16(10-8-15)21(22,23)24)28(27-13)20-25-17(12-30-20)14-5-3-2-4-6-14/h2-12H,1H3,(H,26,29). The van der Waals surface area contributed by atoms with E-state index in [1.54, 1.807) is 13.0 Å². The maximum atomic E-state index is 12.7. The van der Waals surface area contributed by atoms with E-state index in [4.69, 9.17) is 0 Å². The molecule has 0 saturated heterocycles. The van der Waals surface area contributed by atoms with E-state index in [2.05, 4.69) is 15.4 Å². The largest absolute Gasteiger partial charge is 0.416 e. The fourth-order valence-corrected chi connectivity index (χ4v) is 3.63. The number of hydrogen-bond acceptors (Lipinski definition) is 4. The lowest BCUT2D eigenvalue weighted by Gasteiger charge is -2.09. The van der Waals surface area contributed by atoms with Gasteiger partial charge in [0.1, 0.15) is 5.82 Å². The molecule has 30 heavy (non-hydrogen) atoms. The van der Waals surface area contributed by atoms with E-state index in [1.165, 1.54) is 16.0 Å². The minimum atomic E-state index is -4.45. The fourth-order valence-electron chi connectivity index (χ4n) is 2.84. The van der Waals surface area contributed by atoms with Gasteiger partial charge in [0.2, 0.25) is 5.13 Å². The first-order valence-electron chi connectivity index (χ1n) is 8.88. The molecule has 0 radical (unpaired) electrons. The van der Waals surface area contributed by atoms with Gasteiger partial charge >= 0.3 is 6.18 Å². The number of anilines is 1. The molecule has 2 aromatic carbocycles. The second-order valence-corrected chi connectivity index (χ2v) is 7.33. The molecule has 0 unspecified atom stereocenters. The number of alkyl halides is 3. The first-order chi connectivity index (χ1) is 14.3. The van der Waals surface area contributed by atoms with Gasteiger partial charge in [-0.25, -0.2) is 4.98 Å². The molecule has 2 aromatic heterocycles. The van der Waals surface area contributed by atoms with Crippen LogP contribution in [-0.2, 0) is 6.18 Å². The molecule has 1 amide bonds. The number of benzene rings is 2. The number of hydrogen-bond donors (Lipinski definition) is 1. The summed E-state index contributed by atoms with van der Waals surface area (Å²) in [6.45, 7) is 1.77. The topological polar surface area (TPSA) is 59.8 Å². The Labute approximate surface area is 173 Å². The molecule has 0 aliphatic rings. The molecular formula is C21H15F3N4OS. The van der Waals surface area contributed by atoms with Gasteiger partial charge in [-0.05, 0) is 31.2 Å². The average molecular weight is 428 g/mol. The third-order valence-corrected chi connectivity index (χ3v) is 5.11. The molecule has 0 bridgehead atoms. The first kappa shape index (κ1) is 19.8. The summed E-state index contributed by atoms with van der Waals surface area (Å²) in [5, 5.41) is 9.53. The molecule has 0 fully saturated rings. The second-order valence-electron chi connectivity index (χ2n) is 6.49. The molecule has 0 atom stereocenters. The summed E-state index contributed by atoms with van der Waals surface area (Å²) in [5.41, 5.74) is 1.70. The van der Waals surface area contributed by atoms with Gasteiger partial charge in [0.05, 0.1) is 17.0 Å². The molecule has 0 spiro atoms. The summed E-state index contributed by atoms with van der Waals surface area (Å²) >= 11 is 1.37. The van der Waals surface area contributed by atoms with Gasteiger partial charge in [-0.15, -0.1) is 11.3 Å². The number of rotatable bonds is 4. The van der Waals surface area contributed by atoms with Crippen LogP contribution in [0.1, 0.15) is 21.6 Å². The van der Waals surface area contributed by atoms with Crippen LogP contribution in [0.25, 0.3) is 16.4 Å². The molecule has 4 aromatic rings. The Morgan fingerprint density at radius 1 is 1.07 bits per heavy atom. The number of amides is 1. The molecule has 5 nitrogen and oxygen atoms in total. The maximum Gasteiger partial charge on any atom is 0.416 e. The summed E-state index contributed by atoms with van der Waals surface area (Å²) in [6.07, 6.45) is -4.45. The van der Waals surface area contributed by atoms with Gasteiger partial charge in [0.25, 0.3) is 5.91 Å². The van der Waals surface area contributed by atoms with Crippen molar-refractivity contribution in [3.05, 3.63) is 82.9 Å². The predicted octanol–water partition coefficient (Wildman–Crippen LogP) is 5.58. The van der Waals surface area contributed by atoms with Crippen molar-refractivity contribution in [3.63, 3.8) is 0 Å². The van der Waals surface area contributed by atoms with E-state index >= 15 is 0 Å². The Balaban J connectivity index is 1.58. The van der Waals surface area contributed by atoms with Crippen molar-refractivity contribution in [2.75, 3.05) is 5.32 Å². The normalized spacial score (nSPS) is 11.5. The van der Waals surface area contributed by atoms with Crippen molar-refractivity contribution in [2.24, 2.45) is 0 Å². The van der Waals surface area contributed by atoms with Crippen molar-refractivity contribution >= 4 is 23.1 Å². The third-order valence-electron chi connectivity index (χ3n) is 4.29. The molecule has 1 N–H and O–H groups in total. The number of nitrogens with zero attached hydrogens (tertiary/aromatic N) is 3. The van der Waals surface area contributed by atoms with E-state index in [9.17, 15) is 18.0 Å². The van der Waals surface area contributed by atoms with Crippen molar-refractivity contribution in [1.82, 2.24) is 14.8 Å². The van der Waals surface area contributed by atoms with Crippen LogP contribution in [-0.4, -0.2) is 20.7 Å². The number of halogens is 3. The Kier molecular flexibility index (Phi) is 5.13. The average Bonchev–Trinajstić information content (AvgIpc) is 3.35. The van der Waals surface area contributed by atoms with Crippen LogP contribution in [0.4, 0.5) is 19.0 Å². The summed E-state index contributed by atoms with van der Waals surface area (Å²) < 4.78 is 39.7. The van der Waals surface area contributed by atoms with Crippen molar-refractivity contribution < 1.29 is 18.0 Å². The lowest BCUT2D eigenvalue weighted by atomic mass is 10.1. The van der Waals surface area contributed by atoms with Gasteiger partial charge < -0.3 is 5.32 Å². The zero-order valence-corrected chi connectivity index (χ0v) is 16.5. The molecule has 9 heteroatoms. The monoisotopic (exact) mass is 428 g/mol. The molecule has 2 heterocycles. The highest BCUT2D eigenvalue weighted by Gasteiger charge is 2.30. The van der Waals surface area contributed by atoms with Crippen molar-refractivity contribution in [2.45, 2.75) is 13.1 Å². The fraction of sp³-hybridized carbons (Fsp3) is 0.0952. The number of nitrogens with one attached hydrogen (secondary N) is 1. The summed E-state index contributed by atoms with van der Waals surface area (Å²) in [6, 6.07) is 15.4. The van der Waals surface area contributed by atoms with Crippen LogP contribution in [0.3, 0.4) is 0 Å². The molecule has 152 valence electrons. The lowest BCUT2D eigenvalue weighted by Crippen LogP contribution is -2.15. The highest BCUT2D eigenvalue weighted by molar-refractivity contribution is 7.12. The van der Waals surface area contributed by atoms with Gasteiger partial charge in [0, 0.05) is 22.6 Å². The number of aryl methyl sites for hydroxylation is 1. The van der Waals surface area contributed by atoms with Gasteiger partial charge in [-0.2, -0.15) is 23.0 Å². The Bertz CT molecular complexity index is 1180. The van der Waals surface area contributed by atoms with Crippen LogP contribution < -0.4 is 5.32 Å². The Morgan fingerprint density at radius 3 is 2.43 bits per heavy atom. The molecule has 4 rings (SSSR count). The van der Waals surface area contributed by atoms with E-state index < -0.39 is 17.6 Å². The molecule has 0 saturated carbocycles. The van der Waals surface area contributed by atoms with Crippen molar-refractivity contribution in [3.8, 4) is 16.4 Å². The van der Waals surface area contributed by atoms with Crippen molar-refractivity contribution in [1.29, 1.82) is 0 Å². The number of carbonyl (C=O) groups is 1. The number of carbonyl (C=O) groups excluding carboxylic acids is 1. The highest BCUT2D eigenvalue weighted by atomic mass is 32.1. The molecular weight excluding hydrogens is 413 g/mol. The quantitative estimate of drug-likeness (QED) is 0.462. The number of aromatic nitrogens is 3. The van der Waals surface area contributed by atoms with E-state index in [0.29, 0.717) is 16.6 Å². The first-order valence-corrected chi connectivity index (χ1v) is 9.76. The Hall–Kier alpha value is -3.46. The van der Waals surface area contributed by atoms with Crippen LogP contribution in [0.15, 0.2) is 66.0 Å². The van der Waals surface area contributed by atoms with Crippen LogP contribution in [0.2, 0.25) is 0 Å². The van der Waals surface area contributed by atoms with Crippen LogP contribution in [0, 0.1) is 6.92 Å². The second kappa shape index (κ2) is 7.75. The maximum absolute atomic E-state index is 12.7. The predicted molar refractivity (Wildman–Crippen MR) is 109 cm³/mol. The molecule has 0 aliphatic heterocycles. The van der Waals surface area contributed by atoms with Crippen LogP contribution in [0.5, 0.6) is 0 Å². The van der Waals surface area contributed by atoms with Gasteiger partial charge in [-0.1, -0.05) is 30.3 Å². The summed E-state index contributed by atoms with van der Waals surface area (Å²) in [5.74, 6) is -0.156. The lowest BCUT2D eigenvalue weighted by molar-refractivity contribution is -0.137. The van der Waals surface area contributed by atoms with Gasteiger partial charge in [-0.3, -0.25) is 4.79 Å². The zero-order valence-electron chi connectivity index (χ0n) is 15.6. The SMILES string of the molecule is Cc1cc(NC(=O)c2ccc(C(F)(F)F)cc2)n(-c2nc(-c3ccccc3)cs2)n1. The summed E-state index contributed by atoms with van der Waals surface area (Å²) in [4.78, 5) is 17.1. The molecule has 0 aliphatic carbocycles. The van der Waals surface area contributed by atoms with Crippen LogP contribution >= 0.6 is 11.3 Å². The van der Waals surface area contributed by atoms with E-state index in [1.807, 2.05) is 35.7 Å². The smallest absolute Gasteiger partial charge is 0.306 e. The highest BCUT2D eigenvalue weighted by Crippen LogP contribution is 2.29. The zero-order chi connectivity index (χ0) is 21.3. The minimum absolute atomic E-state index is 0.109. The van der Waals surface area contributed by atoms with E-state index in [-0.39, 0.29) is 5.56 Å². The van der Waals surface area contributed by atoms with E-state index in [0.717, 1.165) is 35.5 Å². The number of thiazole rings is 1. The third kappa shape index (κ3) is 4.11. The van der Waals surface area contributed by atoms with Gasteiger partial charge in [0.15, 0.2) is 0 Å². The Morgan fingerprint density at radius 2 is 1.77 bits per heavy atom.